The van der Waals surface area contributed by atoms with Crippen LogP contribution in [0.1, 0.15) is 51.5 Å². The molecule has 200 valence electrons. The Labute approximate surface area is 221 Å². The zero-order chi connectivity index (χ0) is 27.0. The van der Waals surface area contributed by atoms with Gasteiger partial charge in [-0.2, -0.15) is 0 Å². The van der Waals surface area contributed by atoms with Gasteiger partial charge in [0.2, 0.25) is 11.8 Å². The third-order valence-corrected chi connectivity index (χ3v) is 8.06. The molecule has 5 rings (SSSR count). The topological polar surface area (TPSA) is 113 Å². The lowest BCUT2D eigenvalue weighted by atomic mass is 9.85. The Hall–Kier alpha value is -3.75. The summed E-state index contributed by atoms with van der Waals surface area (Å²) in [5.41, 5.74) is 0.915. The molecule has 1 aromatic carbocycles. The van der Waals surface area contributed by atoms with Crippen molar-refractivity contribution in [3.8, 4) is 0 Å². The van der Waals surface area contributed by atoms with Crippen molar-refractivity contribution in [3.05, 3.63) is 59.3 Å². The summed E-state index contributed by atoms with van der Waals surface area (Å²) >= 11 is 0. The number of benzene rings is 1. The van der Waals surface area contributed by atoms with Crippen LogP contribution < -0.4 is 5.32 Å². The number of nitrogens with one attached hydrogen (secondary N) is 1. The molecule has 0 aromatic heterocycles. The number of ketones is 2. The molecular formula is C29H33N3O6. The molecule has 1 heterocycles. The molecule has 1 aromatic rings. The number of Topliss-reactive ketones (excluding diaryl/α,β-unsaturated/α-hetero) is 2. The quantitative estimate of drug-likeness (QED) is 0.502. The molecule has 1 aliphatic heterocycles. The molecule has 3 amide bonds. The van der Waals surface area contributed by atoms with E-state index in [-0.39, 0.29) is 48.7 Å². The van der Waals surface area contributed by atoms with Gasteiger partial charge in [-0.05, 0) is 62.7 Å². The summed E-state index contributed by atoms with van der Waals surface area (Å²) in [6.07, 6.45) is 5.52. The highest BCUT2D eigenvalue weighted by atomic mass is 16.6. The predicted molar refractivity (Wildman–Crippen MR) is 137 cm³/mol. The second-order valence-electron chi connectivity index (χ2n) is 10.9. The van der Waals surface area contributed by atoms with Crippen LogP contribution >= 0.6 is 0 Å². The van der Waals surface area contributed by atoms with Gasteiger partial charge in [-0.25, -0.2) is 4.79 Å². The van der Waals surface area contributed by atoms with E-state index in [9.17, 15) is 24.0 Å². The maximum atomic E-state index is 13.5. The number of allylic oxidation sites excluding steroid dienone is 3. The molecule has 1 spiro atoms. The maximum Gasteiger partial charge on any atom is 0.411 e. The summed E-state index contributed by atoms with van der Waals surface area (Å²) in [5.74, 6) is -1.23. The van der Waals surface area contributed by atoms with E-state index in [2.05, 4.69) is 12.2 Å². The lowest BCUT2D eigenvalue weighted by molar-refractivity contribution is -0.135. The molecule has 0 radical (unpaired) electrons. The largest absolute Gasteiger partial charge is 0.436 e. The number of amides is 3. The van der Waals surface area contributed by atoms with Crippen LogP contribution in [0.25, 0.3) is 0 Å². The SMILES string of the molecule is CC(=O)CC(=O)NC1=CC=C2C(CCC23CN(CC(=O)N(Cc2ccccc2)C(C)C2CC2)C(=O)O3)C1=O. The van der Waals surface area contributed by atoms with Crippen molar-refractivity contribution in [1.82, 2.24) is 15.1 Å². The molecule has 9 nitrogen and oxygen atoms in total. The van der Waals surface area contributed by atoms with Gasteiger partial charge in [0.05, 0.1) is 18.7 Å². The van der Waals surface area contributed by atoms with Crippen LogP contribution in [0.5, 0.6) is 0 Å². The lowest BCUT2D eigenvalue weighted by Crippen LogP contribution is -2.46. The average Bonchev–Trinajstić information content (AvgIpc) is 3.60. The smallest absolute Gasteiger partial charge is 0.411 e. The van der Waals surface area contributed by atoms with Crippen LogP contribution in [0.3, 0.4) is 0 Å². The van der Waals surface area contributed by atoms with Crippen molar-refractivity contribution in [1.29, 1.82) is 0 Å². The van der Waals surface area contributed by atoms with E-state index in [0.717, 1.165) is 18.4 Å². The average molecular weight is 520 g/mol. The Kier molecular flexibility index (Phi) is 6.94. The van der Waals surface area contributed by atoms with Crippen molar-refractivity contribution in [3.63, 3.8) is 0 Å². The second kappa shape index (κ2) is 10.2. The van der Waals surface area contributed by atoms with Crippen LogP contribution in [-0.4, -0.2) is 64.0 Å². The zero-order valence-corrected chi connectivity index (χ0v) is 21.8. The van der Waals surface area contributed by atoms with Crippen LogP contribution in [0.15, 0.2) is 53.8 Å². The number of carbonyl (C=O) groups excluding carboxylic acids is 5. The van der Waals surface area contributed by atoms with E-state index >= 15 is 0 Å². The van der Waals surface area contributed by atoms with Crippen molar-refractivity contribution < 1.29 is 28.7 Å². The fourth-order valence-corrected chi connectivity index (χ4v) is 5.87. The van der Waals surface area contributed by atoms with E-state index < -0.39 is 23.5 Å². The number of ether oxygens (including phenoxy) is 1. The molecular weight excluding hydrogens is 486 g/mol. The summed E-state index contributed by atoms with van der Waals surface area (Å²) < 4.78 is 5.86. The first kappa shape index (κ1) is 25.9. The number of carbonyl (C=O) groups is 5. The second-order valence-corrected chi connectivity index (χ2v) is 10.9. The minimum absolute atomic E-state index is 0.0756. The molecule has 9 heteroatoms. The number of hydrogen-bond donors (Lipinski definition) is 1. The summed E-state index contributed by atoms with van der Waals surface area (Å²) in [7, 11) is 0. The maximum absolute atomic E-state index is 13.5. The van der Waals surface area contributed by atoms with Crippen molar-refractivity contribution in [2.75, 3.05) is 13.1 Å². The van der Waals surface area contributed by atoms with Gasteiger partial charge in [-0.15, -0.1) is 0 Å². The van der Waals surface area contributed by atoms with Gasteiger partial charge >= 0.3 is 6.09 Å². The van der Waals surface area contributed by atoms with Gasteiger partial charge in [0.1, 0.15) is 12.3 Å². The van der Waals surface area contributed by atoms with E-state index in [1.807, 2.05) is 35.2 Å². The van der Waals surface area contributed by atoms with Crippen molar-refractivity contribution in [2.45, 2.75) is 64.1 Å². The van der Waals surface area contributed by atoms with Gasteiger partial charge in [-0.1, -0.05) is 36.4 Å². The highest BCUT2D eigenvalue weighted by Gasteiger charge is 2.56. The first-order valence-electron chi connectivity index (χ1n) is 13.2. The normalized spacial score (nSPS) is 24.9. The Morgan fingerprint density at radius 3 is 2.55 bits per heavy atom. The van der Waals surface area contributed by atoms with E-state index in [1.165, 1.54) is 17.9 Å². The van der Waals surface area contributed by atoms with Gasteiger partial charge in [0.15, 0.2) is 11.4 Å². The monoisotopic (exact) mass is 519 g/mol. The van der Waals surface area contributed by atoms with Gasteiger partial charge in [0, 0.05) is 18.5 Å². The number of rotatable bonds is 9. The highest BCUT2D eigenvalue weighted by molar-refractivity contribution is 6.06. The molecule has 0 bridgehead atoms. The Morgan fingerprint density at radius 1 is 1.13 bits per heavy atom. The summed E-state index contributed by atoms with van der Waals surface area (Å²) in [6.45, 7) is 3.98. The van der Waals surface area contributed by atoms with Gasteiger partial charge in [-0.3, -0.25) is 24.1 Å². The zero-order valence-electron chi connectivity index (χ0n) is 21.8. The Balaban J connectivity index is 1.29. The van der Waals surface area contributed by atoms with Crippen LogP contribution in [0, 0.1) is 11.8 Å². The molecule has 3 unspecified atom stereocenters. The minimum atomic E-state index is -0.963. The number of hydrogen-bond acceptors (Lipinski definition) is 6. The fourth-order valence-electron chi connectivity index (χ4n) is 5.87. The number of fused-ring (bicyclic) bond motifs is 2. The number of nitrogens with zero attached hydrogens (tertiary/aromatic N) is 2. The summed E-state index contributed by atoms with van der Waals surface area (Å²) in [5, 5.41) is 2.53. The third-order valence-electron chi connectivity index (χ3n) is 8.06. The van der Waals surface area contributed by atoms with Gasteiger partial charge in [0.25, 0.3) is 0 Å². The standard InChI is InChI=1S/C29H33N3O6/c1-18(33)14-25(34)30-24-11-10-23-22(27(24)36)12-13-29(23)17-31(28(37)38-29)16-26(35)32(19(2)21-8-9-21)15-20-6-4-3-5-7-20/h3-7,10-11,19,21-22H,8-9,12-17H2,1-2H3,(H,30,34). The highest BCUT2D eigenvalue weighted by Crippen LogP contribution is 2.48. The summed E-state index contributed by atoms with van der Waals surface area (Å²) in [6, 6.07) is 9.91. The Morgan fingerprint density at radius 2 is 1.87 bits per heavy atom. The minimum Gasteiger partial charge on any atom is -0.436 e. The molecule has 38 heavy (non-hydrogen) atoms. The Bertz CT molecular complexity index is 1230. The molecule has 3 fully saturated rings. The third kappa shape index (κ3) is 5.14. The predicted octanol–water partition coefficient (Wildman–Crippen LogP) is 2.90. The van der Waals surface area contributed by atoms with E-state index in [0.29, 0.717) is 30.9 Å². The molecule has 3 aliphatic carbocycles. The van der Waals surface area contributed by atoms with Crippen molar-refractivity contribution in [2.24, 2.45) is 11.8 Å². The van der Waals surface area contributed by atoms with E-state index in [1.54, 1.807) is 6.08 Å². The van der Waals surface area contributed by atoms with Crippen LogP contribution in [0.4, 0.5) is 4.79 Å². The molecule has 4 aliphatic rings. The summed E-state index contributed by atoms with van der Waals surface area (Å²) in [4.78, 5) is 66.1. The molecule has 1 N–H and O–H groups in total. The first-order valence-corrected chi connectivity index (χ1v) is 13.2. The fraction of sp³-hybridized carbons (Fsp3) is 0.483. The van der Waals surface area contributed by atoms with Crippen LogP contribution in [0.2, 0.25) is 0 Å². The first-order chi connectivity index (χ1) is 18.2. The molecule has 2 saturated carbocycles. The lowest BCUT2D eigenvalue weighted by Gasteiger charge is -2.31. The van der Waals surface area contributed by atoms with Crippen molar-refractivity contribution >= 4 is 29.5 Å². The molecule has 3 atom stereocenters. The van der Waals surface area contributed by atoms with Gasteiger partial charge < -0.3 is 15.0 Å². The van der Waals surface area contributed by atoms with E-state index in [4.69, 9.17) is 4.74 Å². The molecule has 1 saturated heterocycles. The van der Waals surface area contributed by atoms with Crippen LogP contribution in [-0.2, 0) is 30.5 Å².